The second-order valence-electron chi connectivity index (χ2n) is 4.91. The fourth-order valence-electron chi connectivity index (χ4n) is 2.25. The number of hydrogen-bond acceptors (Lipinski definition) is 3. The SMILES string of the molecule is NC(=O)[C@@H]1CCCN(S(=O)(=O)NCc2ccccc2)C1. The van der Waals surface area contributed by atoms with Gasteiger partial charge in [-0.3, -0.25) is 4.79 Å². The number of piperidine rings is 1. The van der Waals surface area contributed by atoms with Gasteiger partial charge in [0.1, 0.15) is 0 Å². The number of hydrogen-bond donors (Lipinski definition) is 2. The van der Waals surface area contributed by atoms with Crippen LogP contribution in [0.15, 0.2) is 30.3 Å². The lowest BCUT2D eigenvalue weighted by Crippen LogP contribution is -2.48. The zero-order chi connectivity index (χ0) is 14.6. The van der Waals surface area contributed by atoms with E-state index in [0.29, 0.717) is 19.4 Å². The fourth-order valence-corrected chi connectivity index (χ4v) is 3.53. The Hall–Kier alpha value is -1.44. The molecule has 1 amide bonds. The van der Waals surface area contributed by atoms with E-state index in [9.17, 15) is 13.2 Å². The van der Waals surface area contributed by atoms with Gasteiger partial charge in [0.25, 0.3) is 10.2 Å². The van der Waals surface area contributed by atoms with E-state index >= 15 is 0 Å². The summed E-state index contributed by atoms with van der Waals surface area (Å²) in [5, 5.41) is 0. The minimum Gasteiger partial charge on any atom is -0.369 e. The third kappa shape index (κ3) is 3.78. The number of amides is 1. The predicted molar refractivity (Wildman–Crippen MR) is 75.7 cm³/mol. The van der Waals surface area contributed by atoms with Gasteiger partial charge in [-0.2, -0.15) is 17.4 Å². The molecule has 0 radical (unpaired) electrons. The first-order valence-electron chi connectivity index (χ1n) is 6.57. The van der Waals surface area contributed by atoms with Crippen LogP contribution in [0, 0.1) is 5.92 Å². The summed E-state index contributed by atoms with van der Waals surface area (Å²) in [5.41, 5.74) is 6.15. The Bertz CT molecular complexity index is 559. The molecule has 0 bridgehead atoms. The predicted octanol–water partition coefficient (Wildman–Crippen LogP) is 0.218. The molecule has 1 aliphatic rings. The summed E-state index contributed by atoms with van der Waals surface area (Å²) < 4.78 is 28.2. The van der Waals surface area contributed by atoms with Crippen LogP contribution in [0.25, 0.3) is 0 Å². The monoisotopic (exact) mass is 297 g/mol. The van der Waals surface area contributed by atoms with E-state index in [4.69, 9.17) is 5.73 Å². The van der Waals surface area contributed by atoms with Crippen LogP contribution >= 0.6 is 0 Å². The number of nitrogens with two attached hydrogens (primary N) is 1. The third-order valence-electron chi connectivity index (χ3n) is 3.43. The highest BCUT2D eigenvalue weighted by Crippen LogP contribution is 2.18. The fraction of sp³-hybridized carbons (Fsp3) is 0.462. The maximum Gasteiger partial charge on any atom is 0.279 e. The Kier molecular flexibility index (Phi) is 4.74. The van der Waals surface area contributed by atoms with Crippen molar-refractivity contribution in [3.63, 3.8) is 0 Å². The molecule has 1 aromatic rings. The first kappa shape index (κ1) is 15.0. The molecule has 0 saturated carbocycles. The second kappa shape index (κ2) is 6.34. The van der Waals surface area contributed by atoms with Crippen molar-refractivity contribution in [1.82, 2.24) is 9.03 Å². The minimum atomic E-state index is -3.57. The van der Waals surface area contributed by atoms with Gasteiger partial charge in [-0.05, 0) is 18.4 Å². The molecular formula is C13H19N3O3S. The first-order valence-corrected chi connectivity index (χ1v) is 8.01. The molecule has 1 fully saturated rings. The number of carbonyl (C=O) groups excluding carboxylic acids is 1. The van der Waals surface area contributed by atoms with Crippen LogP contribution in [-0.2, 0) is 21.5 Å². The molecule has 2 rings (SSSR count). The van der Waals surface area contributed by atoms with Crippen molar-refractivity contribution in [3.8, 4) is 0 Å². The summed E-state index contributed by atoms with van der Waals surface area (Å²) in [6, 6.07) is 9.29. The van der Waals surface area contributed by atoms with Gasteiger partial charge in [0.15, 0.2) is 0 Å². The smallest absolute Gasteiger partial charge is 0.279 e. The largest absolute Gasteiger partial charge is 0.369 e. The van der Waals surface area contributed by atoms with Gasteiger partial charge in [-0.25, -0.2) is 0 Å². The maximum absolute atomic E-state index is 12.2. The van der Waals surface area contributed by atoms with Gasteiger partial charge in [0.2, 0.25) is 5.91 Å². The average Bonchev–Trinajstić information content (AvgIpc) is 2.46. The number of benzene rings is 1. The topological polar surface area (TPSA) is 92.5 Å². The van der Waals surface area contributed by atoms with Gasteiger partial charge in [-0.15, -0.1) is 0 Å². The summed E-state index contributed by atoms with van der Waals surface area (Å²) in [5.74, 6) is -0.829. The van der Waals surface area contributed by atoms with Crippen molar-refractivity contribution in [2.75, 3.05) is 13.1 Å². The molecule has 0 unspecified atom stereocenters. The van der Waals surface area contributed by atoms with Crippen molar-refractivity contribution in [3.05, 3.63) is 35.9 Å². The highest BCUT2D eigenvalue weighted by atomic mass is 32.2. The molecule has 3 N–H and O–H groups in total. The Labute approximate surface area is 119 Å². The second-order valence-corrected chi connectivity index (χ2v) is 6.67. The van der Waals surface area contributed by atoms with E-state index in [0.717, 1.165) is 5.56 Å². The average molecular weight is 297 g/mol. The molecule has 1 aromatic carbocycles. The molecule has 0 aliphatic carbocycles. The molecule has 1 heterocycles. The minimum absolute atomic E-state index is 0.166. The van der Waals surface area contributed by atoms with Gasteiger partial charge >= 0.3 is 0 Å². The normalized spacial score (nSPS) is 20.7. The van der Waals surface area contributed by atoms with E-state index in [2.05, 4.69) is 4.72 Å². The molecule has 0 spiro atoms. The Balaban J connectivity index is 1.97. The van der Waals surface area contributed by atoms with Gasteiger partial charge < -0.3 is 5.73 Å². The number of rotatable bonds is 5. The van der Waals surface area contributed by atoms with Crippen LogP contribution in [0.1, 0.15) is 18.4 Å². The van der Waals surface area contributed by atoms with E-state index in [1.807, 2.05) is 30.3 Å². The lowest BCUT2D eigenvalue weighted by molar-refractivity contribution is -0.122. The highest BCUT2D eigenvalue weighted by Gasteiger charge is 2.30. The maximum atomic E-state index is 12.2. The molecule has 110 valence electrons. The Morgan fingerprint density at radius 1 is 1.35 bits per heavy atom. The molecular weight excluding hydrogens is 278 g/mol. The number of nitrogens with zero attached hydrogens (tertiary/aromatic N) is 1. The lowest BCUT2D eigenvalue weighted by atomic mass is 9.99. The standard InChI is InChI=1S/C13H19N3O3S/c14-13(17)12-7-4-8-16(10-12)20(18,19)15-9-11-5-2-1-3-6-11/h1-3,5-6,12,15H,4,7-10H2,(H2,14,17)/t12-/m1/s1. The van der Waals surface area contributed by atoms with Crippen LogP contribution in [0.3, 0.4) is 0 Å². The van der Waals surface area contributed by atoms with E-state index in [-0.39, 0.29) is 13.1 Å². The van der Waals surface area contributed by atoms with E-state index in [1.165, 1.54) is 4.31 Å². The zero-order valence-electron chi connectivity index (χ0n) is 11.2. The van der Waals surface area contributed by atoms with Crippen LogP contribution < -0.4 is 10.5 Å². The molecule has 7 heteroatoms. The Morgan fingerprint density at radius 2 is 2.05 bits per heavy atom. The number of primary amides is 1. The number of nitrogens with one attached hydrogen (secondary N) is 1. The zero-order valence-corrected chi connectivity index (χ0v) is 12.0. The molecule has 1 atom stereocenters. The molecule has 1 aliphatic heterocycles. The molecule has 0 aromatic heterocycles. The van der Waals surface area contributed by atoms with Gasteiger partial charge in [-0.1, -0.05) is 30.3 Å². The molecule has 20 heavy (non-hydrogen) atoms. The van der Waals surface area contributed by atoms with Crippen molar-refractivity contribution in [2.45, 2.75) is 19.4 Å². The first-order chi connectivity index (χ1) is 9.49. The van der Waals surface area contributed by atoms with Crippen LogP contribution in [0.4, 0.5) is 0 Å². The Morgan fingerprint density at radius 3 is 2.70 bits per heavy atom. The van der Waals surface area contributed by atoms with Gasteiger partial charge in [0.05, 0.1) is 5.92 Å². The number of carbonyl (C=O) groups is 1. The van der Waals surface area contributed by atoms with Crippen molar-refractivity contribution in [2.24, 2.45) is 11.7 Å². The van der Waals surface area contributed by atoms with Crippen LogP contribution in [0.5, 0.6) is 0 Å². The summed E-state index contributed by atoms with van der Waals surface area (Å²) in [6.45, 7) is 0.828. The van der Waals surface area contributed by atoms with Crippen molar-refractivity contribution >= 4 is 16.1 Å². The summed E-state index contributed by atoms with van der Waals surface area (Å²) in [6.07, 6.45) is 1.31. The molecule has 1 saturated heterocycles. The van der Waals surface area contributed by atoms with Crippen molar-refractivity contribution < 1.29 is 13.2 Å². The van der Waals surface area contributed by atoms with Gasteiger partial charge in [0, 0.05) is 19.6 Å². The van der Waals surface area contributed by atoms with Crippen LogP contribution in [-0.4, -0.2) is 31.7 Å². The molecule has 6 nitrogen and oxygen atoms in total. The van der Waals surface area contributed by atoms with Crippen molar-refractivity contribution in [1.29, 1.82) is 0 Å². The summed E-state index contributed by atoms with van der Waals surface area (Å²) >= 11 is 0. The summed E-state index contributed by atoms with van der Waals surface area (Å²) in [4.78, 5) is 11.2. The quantitative estimate of drug-likeness (QED) is 0.814. The lowest BCUT2D eigenvalue weighted by Gasteiger charge is -2.30. The van der Waals surface area contributed by atoms with Crippen LogP contribution in [0.2, 0.25) is 0 Å². The summed E-state index contributed by atoms with van der Waals surface area (Å²) in [7, 11) is -3.57. The third-order valence-corrected chi connectivity index (χ3v) is 4.95. The van der Waals surface area contributed by atoms with E-state index < -0.39 is 22.0 Å². The van der Waals surface area contributed by atoms with E-state index in [1.54, 1.807) is 0 Å². The highest BCUT2D eigenvalue weighted by molar-refractivity contribution is 7.87.